The third kappa shape index (κ3) is 1.18. The summed E-state index contributed by atoms with van der Waals surface area (Å²) in [6.07, 6.45) is 0.763. The minimum atomic E-state index is -0.419. The molecule has 1 heterocycles. The van der Waals surface area contributed by atoms with E-state index in [9.17, 15) is 4.79 Å². The van der Waals surface area contributed by atoms with Gasteiger partial charge in [-0.15, -0.1) is 0 Å². The first-order valence-electron chi connectivity index (χ1n) is 3.18. The van der Waals surface area contributed by atoms with Crippen molar-refractivity contribution in [2.45, 2.75) is 6.42 Å². The second-order valence-electron chi connectivity index (χ2n) is 2.40. The lowest BCUT2D eigenvalue weighted by molar-refractivity contribution is 0.218. The Labute approximate surface area is 59.2 Å². The topological polar surface area (TPSA) is 70.1 Å². The van der Waals surface area contributed by atoms with E-state index in [1.165, 1.54) is 4.90 Å². The summed E-state index contributed by atoms with van der Waals surface area (Å²) in [6.45, 7) is 1.14. The van der Waals surface area contributed by atoms with E-state index in [4.69, 9.17) is 11.0 Å². The van der Waals surface area contributed by atoms with E-state index in [1.54, 1.807) is 0 Å². The molecule has 0 radical (unpaired) electrons. The van der Waals surface area contributed by atoms with Crippen LogP contribution >= 0.6 is 0 Å². The van der Waals surface area contributed by atoms with Crippen LogP contribution in [0, 0.1) is 17.2 Å². The van der Waals surface area contributed by atoms with Crippen molar-refractivity contribution in [2.24, 2.45) is 11.7 Å². The van der Waals surface area contributed by atoms with Crippen LogP contribution in [-0.2, 0) is 0 Å². The first-order valence-corrected chi connectivity index (χ1v) is 3.18. The molecule has 0 saturated carbocycles. The molecule has 0 aromatic heterocycles. The zero-order chi connectivity index (χ0) is 7.56. The van der Waals surface area contributed by atoms with Crippen molar-refractivity contribution >= 4 is 6.03 Å². The average molecular weight is 139 g/mol. The van der Waals surface area contributed by atoms with Gasteiger partial charge in [-0.2, -0.15) is 5.26 Å². The third-order valence-corrected chi connectivity index (χ3v) is 1.68. The molecule has 0 aliphatic carbocycles. The number of carbonyl (C=O) groups is 1. The van der Waals surface area contributed by atoms with Crippen molar-refractivity contribution in [3.8, 4) is 6.07 Å². The molecule has 0 aromatic rings. The van der Waals surface area contributed by atoms with E-state index in [1.807, 2.05) is 0 Å². The number of amides is 2. The van der Waals surface area contributed by atoms with E-state index in [2.05, 4.69) is 6.07 Å². The predicted octanol–water partition coefficient (Wildman–Crippen LogP) is -0.0894. The quantitative estimate of drug-likeness (QED) is 0.509. The summed E-state index contributed by atoms with van der Waals surface area (Å²) in [5.41, 5.74) is 4.99. The fourth-order valence-corrected chi connectivity index (χ4v) is 1.07. The van der Waals surface area contributed by atoms with E-state index < -0.39 is 6.03 Å². The number of nitrogens with zero attached hydrogens (tertiary/aromatic N) is 2. The van der Waals surface area contributed by atoms with E-state index >= 15 is 0 Å². The van der Waals surface area contributed by atoms with Gasteiger partial charge in [-0.1, -0.05) is 0 Å². The lowest BCUT2D eigenvalue weighted by Gasteiger charge is -2.09. The van der Waals surface area contributed by atoms with Gasteiger partial charge in [-0.05, 0) is 6.42 Å². The summed E-state index contributed by atoms with van der Waals surface area (Å²) in [6, 6.07) is 1.68. The number of urea groups is 1. The maximum absolute atomic E-state index is 10.5. The van der Waals surface area contributed by atoms with Crippen molar-refractivity contribution in [2.75, 3.05) is 13.1 Å². The van der Waals surface area contributed by atoms with Gasteiger partial charge in [-0.3, -0.25) is 0 Å². The van der Waals surface area contributed by atoms with E-state index in [0.717, 1.165) is 6.42 Å². The van der Waals surface area contributed by atoms with Crippen molar-refractivity contribution in [1.29, 1.82) is 5.26 Å². The van der Waals surface area contributed by atoms with Crippen LogP contribution in [0.15, 0.2) is 0 Å². The fraction of sp³-hybridized carbons (Fsp3) is 0.667. The number of rotatable bonds is 0. The van der Waals surface area contributed by atoms with Crippen molar-refractivity contribution in [3.63, 3.8) is 0 Å². The molecule has 1 aliphatic heterocycles. The van der Waals surface area contributed by atoms with Gasteiger partial charge in [-0.25, -0.2) is 4.79 Å². The molecule has 4 nitrogen and oxygen atoms in total. The highest BCUT2D eigenvalue weighted by molar-refractivity contribution is 5.72. The molecule has 0 bridgehead atoms. The van der Waals surface area contributed by atoms with Gasteiger partial charge in [0.05, 0.1) is 12.0 Å². The van der Waals surface area contributed by atoms with Gasteiger partial charge in [0.15, 0.2) is 0 Å². The number of likely N-dealkylation sites (tertiary alicyclic amines) is 1. The highest BCUT2D eigenvalue weighted by Gasteiger charge is 2.23. The van der Waals surface area contributed by atoms with Gasteiger partial charge in [0, 0.05) is 13.1 Å². The SMILES string of the molecule is N#CC1CCN(C(N)=O)C1. The van der Waals surface area contributed by atoms with Gasteiger partial charge in [0.1, 0.15) is 0 Å². The monoisotopic (exact) mass is 139 g/mol. The van der Waals surface area contributed by atoms with E-state index in [-0.39, 0.29) is 5.92 Å². The number of carbonyl (C=O) groups excluding carboxylic acids is 1. The zero-order valence-electron chi connectivity index (χ0n) is 5.58. The Kier molecular flexibility index (Phi) is 1.76. The summed E-state index contributed by atoms with van der Waals surface area (Å²) >= 11 is 0. The number of nitriles is 1. The Hall–Kier alpha value is -1.24. The van der Waals surface area contributed by atoms with Crippen molar-refractivity contribution in [3.05, 3.63) is 0 Å². The smallest absolute Gasteiger partial charge is 0.314 e. The van der Waals surface area contributed by atoms with Crippen LogP contribution in [0.25, 0.3) is 0 Å². The van der Waals surface area contributed by atoms with Crippen LogP contribution in [0.3, 0.4) is 0 Å². The molecule has 1 atom stereocenters. The average Bonchev–Trinajstić information content (AvgIpc) is 2.34. The first kappa shape index (κ1) is 6.87. The predicted molar refractivity (Wildman–Crippen MR) is 34.9 cm³/mol. The Balaban J connectivity index is 2.45. The van der Waals surface area contributed by atoms with Crippen molar-refractivity contribution in [1.82, 2.24) is 4.90 Å². The maximum atomic E-state index is 10.5. The normalized spacial score (nSPS) is 24.3. The minimum absolute atomic E-state index is 0.00694. The molecular weight excluding hydrogens is 130 g/mol. The summed E-state index contributed by atoms with van der Waals surface area (Å²) in [5, 5.41) is 8.44. The molecule has 1 saturated heterocycles. The molecule has 0 aromatic carbocycles. The van der Waals surface area contributed by atoms with Crippen LogP contribution in [0.5, 0.6) is 0 Å². The Bertz CT molecular complexity index is 184. The van der Waals surface area contributed by atoms with Crippen LogP contribution < -0.4 is 5.73 Å². The largest absolute Gasteiger partial charge is 0.351 e. The molecule has 0 spiro atoms. The second kappa shape index (κ2) is 2.56. The molecule has 10 heavy (non-hydrogen) atoms. The van der Waals surface area contributed by atoms with Crippen molar-refractivity contribution < 1.29 is 4.79 Å². The lowest BCUT2D eigenvalue weighted by Crippen LogP contribution is -2.33. The standard InChI is InChI=1S/C6H9N3O/c7-3-5-1-2-9(4-5)6(8)10/h5H,1-2,4H2,(H2,8,10). The minimum Gasteiger partial charge on any atom is -0.351 e. The third-order valence-electron chi connectivity index (χ3n) is 1.68. The van der Waals surface area contributed by atoms with Gasteiger partial charge in [0.2, 0.25) is 0 Å². The number of nitrogens with two attached hydrogens (primary N) is 1. The highest BCUT2D eigenvalue weighted by atomic mass is 16.2. The maximum Gasteiger partial charge on any atom is 0.314 e. The molecule has 1 unspecified atom stereocenters. The van der Waals surface area contributed by atoms with Crippen LogP contribution in [-0.4, -0.2) is 24.0 Å². The Morgan fingerprint density at radius 2 is 2.50 bits per heavy atom. The van der Waals surface area contributed by atoms with Gasteiger partial charge in [0.25, 0.3) is 0 Å². The Morgan fingerprint density at radius 3 is 2.80 bits per heavy atom. The number of hydrogen-bond donors (Lipinski definition) is 1. The summed E-state index contributed by atoms with van der Waals surface area (Å²) in [7, 11) is 0. The highest BCUT2D eigenvalue weighted by Crippen LogP contribution is 2.13. The van der Waals surface area contributed by atoms with Gasteiger partial charge < -0.3 is 10.6 Å². The molecular formula is C6H9N3O. The molecule has 1 aliphatic rings. The summed E-state index contributed by atoms with van der Waals surface area (Å²) in [5.74, 6) is -0.00694. The second-order valence-corrected chi connectivity index (χ2v) is 2.40. The van der Waals surface area contributed by atoms with Crippen LogP contribution in [0.1, 0.15) is 6.42 Å². The fourth-order valence-electron chi connectivity index (χ4n) is 1.07. The molecule has 2 N–H and O–H groups in total. The zero-order valence-corrected chi connectivity index (χ0v) is 5.58. The molecule has 1 fully saturated rings. The molecule has 4 heteroatoms. The molecule has 54 valence electrons. The Morgan fingerprint density at radius 1 is 1.80 bits per heavy atom. The molecule has 1 rings (SSSR count). The number of hydrogen-bond acceptors (Lipinski definition) is 2. The summed E-state index contributed by atoms with van der Waals surface area (Å²) in [4.78, 5) is 12.0. The van der Waals surface area contributed by atoms with Crippen LogP contribution in [0.4, 0.5) is 4.79 Å². The number of primary amides is 1. The first-order chi connectivity index (χ1) is 4.74. The van der Waals surface area contributed by atoms with E-state index in [0.29, 0.717) is 13.1 Å². The lowest BCUT2D eigenvalue weighted by atomic mass is 10.1. The summed E-state index contributed by atoms with van der Waals surface area (Å²) < 4.78 is 0. The molecule has 2 amide bonds. The van der Waals surface area contributed by atoms with Crippen LogP contribution in [0.2, 0.25) is 0 Å². The van der Waals surface area contributed by atoms with Gasteiger partial charge >= 0.3 is 6.03 Å².